The number of phenols is 1. The highest BCUT2D eigenvalue weighted by Gasteiger charge is 2.41. The van der Waals surface area contributed by atoms with Crippen LogP contribution in [-0.2, 0) is 4.79 Å². The van der Waals surface area contributed by atoms with Crippen molar-refractivity contribution in [2.24, 2.45) is 5.92 Å². The number of rotatable bonds is 3. The Labute approximate surface area is 144 Å². The fourth-order valence-corrected chi connectivity index (χ4v) is 3.90. The van der Waals surface area contributed by atoms with Gasteiger partial charge < -0.3 is 10.4 Å². The number of aromatic hydroxyl groups is 1. The highest BCUT2D eigenvalue weighted by Crippen LogP contribution is 2.42. The summed E-state index contributed by atoms with van der Waals surface area (Å²) in [6, 6.07) is 6.75. The summed E-state index contributed by atoms with van der Waals surface area (Å²) in [5, 5.41) is 18.2. The molecule has 2 atom stereocenters. The average molecular weight is 342 g/mol. The maximum absolute atomic E-state index is 12.6. The third-order valence-electron chi connectivity index (χ3n) is 4.39. The number of carbonyl (C=O) groups is 1. The standard InChI is InChI=1S/C17H18N4O2S/c1-2-24-17-19-16-18-12-4-3-5-13(23)14(12)15(21(16)20-17)10-6-8-11(22)9-7-10/h4,6-9,14-15,22H,2-3,5H2,1H3,(H,18,19,20)/t14-,15-/m0/s1. The maximum atomic E-state index is 12.6. The molecule has 0 fully saturated rings. The number of nitrogens with zero attached hydrogens (tertiary/aromatic N) is 3. The normalized spacial score (nSPS) is 22.4. The molecule has 1 aromatic heterocycles. The summed E-state index contributed by atoms with van der Waals surface area (Å²) in [5.41, 5.74) is 1.86. The van der Waals surface area contributed by atoms with Gasteiger partial charge in [0, 0.05) is 12.1 Å². The number of anilines is 1. The molecule has 2 N–H and O–H groups in total. The van der Waals surface area contributed by atoms with Crippen LogP contribution in [0.1, 0.15) is 31.4 Å². The van der Waals surface area contributed by atoms with Gasteiger partial charge in [-0.15, -0.1) is 5.10 Å². The Morgan fingerprint density at radius 1 is 1.38 bits per heavy atom. The van der Waals surface area contributed by atoms with Crippen molar-refractivity contribution in [3.05, 3.63) is 41.6 Å². The zero-order valence-electron chi connectivity index (χ0n) is 13.3. The molecule has 24 heavy (non-hydrogen) atoms. The van der Waals surface area contributed by atoms with Gasteiger partial charge in [0.2, 0.25) is 11.1 Å². The van der Waals surface area contributed by atoms with E-state index in [1.807, 2.05) is 16.8 Å². The number of thioether (sulfide) groups is 1. The van der Waals surface area contributed by atoms with Crippen molar-refractivity contribution in [3.8, 4) is 5.75 Å². The lowest BCUT2D eigenvalue weighted by atomic mass is 9.81. The average Bonchev–Trinajstić information content (AvgIpc) is 2.96. The molecule has 1 aliphatic heterocycles. The quantitative estimate of drug-likeness (QED) is 0.835. The molecule has 7 heteroatoms. The van der Waals surface area contributed by atoms with Crippen LogP contribution in [0.4, 0.5) is 5.95 Å². The highest BCUT2D eigenvalue weighted by molar-refractivity contribution is 7.99. The first-order chi connectivity index (χ1) is 11.7. The number of hydrogen-bond donors (Lipinski definition) is 2. The van der Waals surface area contributed by atoms with Crippen LogP contribution in [0.25, 0.3) is 0 Å². The first kappa shape index (κ1) is 15.3. The van der Waals surface area contributed by atoms with E-state index in [1.54, 1.807) is 23.9 Å². The number of nitrogens with one attached hydrogen (secondary N) is 1. The van der Waals surface area contributed by atoms with Crippen molar-refractivity contribution in [3.63, 3.8) is 0 Å². The number of carbonyl (C=O) groups excluding carboxylic acids is 1. The first-order valence-corrected chi connectivity index (χ1v) is 9.04. The number of ketones is 1. The van der Waals surface area contributed by atoms with E-state index in [0.29, 0.717) is 17.5 Å². The summed E-state index contributed by atoms with van der Waals surface area (Å²) in [4.78, 5) is 17.2. The minimum atomic E-state index is -0.281. The monoisotopic (exact) mass is 342 g/mol. The minimum Gasteiger partial charge on any atom is -0.508 e. The summed E-state index contributed by atoms with van der Waals surface area (Å²) >= 11 is 1.58. The van der Waals surface area contributed by atoms with Crippen molar-refractivity contribution < 1.29 is 9.90 Å². The fourth-order valence-electron chi connectivity index (χ4n) is 3.35. The number of fused-ring (bicyclic) bond motifs is 2. The van der Waals surface area contributed by atoms with Crippen LogP contribution in [0.15, 0.2) is 41.2 Å². The Balaban J connectivity index is 1.86. The van der Waals surface area contributed by atoms with Crippen LogP contribution in [0.2, 0.25) is 0 Å². The van der Waals surface area contributed by atoms with Gasteiger partial charge in [-0.05, 0) is 29.9 Å². The van der Waals surface area contributed by atoms with Gasteiger partial charge in [0.25, 0.3) is 0 Å². The summed E-state index contributed by atoms with van der Waals surface area (Å²) < 4.78 is 1.82. The molecule has 4 rings (SSSR count). The van der Waals surface area contributed by atoms with E-state index in [0.717, 1.165) is 23.4 Å². The molecule has 6 nitrogen and oxygen atoms in total. The highest BCUT2D eigenvalue weighted by atomic mass is 32.2. The van der Waals surface area contributed by atoms with Crippen molar-refractivity contribution >= 4 is 23.5 Å². The molecule has 1 aromatic carbocycles. The lowest BCUT2D eigenvalue weighted by molar-refractivity contribution is -0.123. The van der Waals surface area contributed by atoms with E-state index in [1.165, 1.54) is 0 Å². The van der Waals surface area contributed by atoms with Crippen molar-refractivity contribution in [1.82, 2.24) is 14.8 Å². The number of Topliss-reactive ketones (excluding diaryl/α,β-unsaturated/α-hetero) is 1. The molecule has 0 saturated heterocycles. The number of hydrogen-bond acceptors (Lipinski definition) is 6. The van der Waals surface area contributed by atoms with E-state index < -0.39 is 0 Å². The first-order valence-electron chi connectivity index (χ1n) is 8.05. The van der Waals surface area contributed by atoms with Gasteiger partial charge in [0.1, 0.15) is 11.5 Å². The summed E-state index contributed by atoms with van der Waals surface area (Å²) in [6.45, 7) is 2.06. The molecule has 2 heterocycles. The Hall–Kier alpha value is -2.28. The number of phenolic OH excluding ortho intramolecular Hbond substituents is 1. The van der Waals surface area contributed by atoms with E-state index >= 15 is 0 Å². The van der Waals surface area contributed by atoms with Crippen LogP contribution in [0, 0.1) is 5.92 Å². The molecule has 2 aromatic rings. The van der Waals surface area contributed by atoms with Crippen molar-refractivity contribution in [1.29, 1.82) is 0 Å². The van der Waals surface area contributed by atoms with Gasteiger partial charge in [0.15, 0.2) is 0 Å². The van der Waals surface area contributed by atoms with Crippen molar-refractivity contribution in [2.45, 2.75) is 31.0 Å². The SMILES string of the molecule is CCSc1nc2n(n1)[C@@H](c1ccc(O)cc1)[C@@H]1C(=O)CCC=C1N2. The second-order valence-electron chi connectivity index (χ2n) is 5.90. The summed E-state index contributed by atoms with van der Waals surface area (Å²) in [7, 11) is 0. The van der Waals surface area contributed by atoms with Gasteiger partial charge in [-0.25, -0.2) is 4.68 Å². The van der Waals surface area contributed by atoms with Gasteiger partial charge in [0.05, 0.1) is 12.0 Å². The lowest BCUT2D eigenvalue weighted by Crippen LogP contribution is -2.38. The zero-order chi connectivity index (χ0) is 16.7. The fraction of sp³-hybridized carbons (Fsp3) is 0.353. The molecule has 1 aliphatic carbocycles. The molecule has 0 unspecified atom stereocenters. The topological polar surface area (TPSA) is 80.0 Å². The Kier molecular flexibility index (Phi) is 3.80. The van der Waals surface area contributed by atoms with Crippen LogP contribution in [-0.4, -0.2) is 31.4 Å². The molecule has 0 radical (unpaired) electrons. The smallest absolute Gasteiger partial charge is 0.227 e. The molecule has 0 spiro atoms. The molecule has 2 aliphatic rings. The van der Waals surface area contributed by atoms with Gasteiger partial charge >= 0.3 is 0 Å². The maximum Gasteiger partial charge on any atom is 0.227 e. The largest absolute Gasteiger partial charge is 0.508 e. The van der Waals surface area contributed by atoms with Gasteiger partial charge in [-0.3, -0.25) is 4.79 Å². The number of allylic oxidation sites excluding steroid dienone is 2. The molecular formula is C17H18N4O2S. The second kappa shape index (κ2) is 5.98. The third-order valence-corrected chi connectivity index (χ3v) is 5.11. The summed E-state index contributed by atoms with van der Waals surface area (Å²) in [6.07, 6.45) is 3.39. The third kappa shape index (κ3) is 2.49. The van der Waals surface area contributed by atoms with E-state index in [4.69, 9.17) is 0 Å². The molecular weight excluding hydrogens is 324 g/mol. The Morgan fingerprint density at radius 2 is 2.17 bits per heavy atom. The molecule has 0 saturated carbocycles. The van der Waals surface area contributed by atoms with E-state index in [-0.39, 0.29) is 23.5 Å². The zero-order valence-corrected chi connectivity index (χ0v) is 14.1. The van der Waals surface area contributed by atoms with E-state index in [9.17, 15) is 9.90 Å². The summed E-state index contributed by atoms with van der Waals surface area (Å²) in [5.74, 6) is 1.69. The van der Waals surface area contributed by atoms with Gasteiger partial charge in [-0.2, -0.15) is 4.98 Å². The second-order valence-corrected chi connectivity index (χ2v) is 7.13. The van der Waals surface area contributed by atoms with Crippen LogP contribution in [0.5, 0.6) is 5.75 Å². The molecule has 124 valence electrons. The predicted molar refractivity (Wildman–Crippen MR) is 92.1 cm³/mol. The Morgan fingerprint density at radius 3 is 2.92 bits per heavy atom. The van der Waals surface area contributed by atoms with Crippen LogP contribution < -0.4 is 5.32 Å². The predicted octanol–water partition coefficient (Wildman–Crippen LogP) is 2.97. The van der Waals surface area contributed by atoms with Crippen LogP contribution >= 0.6 is 11.8 Å². The Bertz CT molecular complexity index is 812. The van der Waals surface area contributed by atoms with E-state index in [2.05, 4.69) is 28.4 Å². The number of benzene rings is 1. The minimum absolute atomic E-state index is 0.208. The van der Waals surface area contributed by atoms with Gasteiger partial charge in [-0.1, -0.05) is 36.9 Å². The number of aromatic nitrogens is 3. The molecule has 0 amide bonds. The lowest BCUT2D eigenvalue weighted by Gasteiger charge is -2.36. The van der Waals surface area contributed by atoms with Crippen molar-refractivity contribution in [2.75, 3.05) is 11.1 Å². The molecule has 0 bridgehead atoms. The van der Waals surface area contributed by atoms with Crippen LogP contribution in [0.3, 0.4) is 0 Å².